The average molecular weight is 264 g/mol. The van der Waals surface area contributed by atoms with Gasteiger partial charge in [0.05, 0.1) is 10.0 Å². The van der Waals surface area contributed by atoms with Crippen molar-refractivity contribution >= 4 is 34.9 Å². The predicted molar refractivity (Wildman–Crippen MR) is 63.0 cm³/mol. The molecule has 0 aliphatic carbocycles. The first-order chi connectivity index (χ1) is 7.50. The fourth-order valence-corrected chi connectivity index (χ4v) is 1.66. The number of carbonyl (C=O) groups excluding carboxylic acids is 1. The molecule has 16 heavy (non-hydrogen) atoms. The fraction of sp³-hybridized carbons (Fsp3) is 0.300. The van der Waals surface area contributed by atoms with Crippen LogP contribution in [0.3, 0.4) is 0 Å². The van der Waals surface area contributed by atoms with E-state index in [1.54, 1.807) is 0 Å². The Balaban J connectivity index is 2.57. The number of ether oxygens (including phenoxy) is 2. The third-order valence-corrected chi connectivity index (χ3v) is 2.22. The van der Waals surface area contributed by atoms with Crippen LogP contribution in [0.4, 0.5) is 5.69 Å². The highest BCUT2D eigenvalue weighted by Crippen LogP contribution is 2.34. The third kappa shape index (κ3) is 3.79. The van der Waals surface area contributed by atoms with Gasteiger partial charge >= 0.3 is 5.97 Å². The molecule has 0 aliphatic heterocycles. The van der Waals surface area contributed by atoms with E-state index in [9.17, 15) is 4.79 Å². The Morgan fingerprint density at radius 1 is 1.31 bits per heavy atom. The second kappa shape index (κ2) is 5.82. The predicted octanol–water partition coefficient (Wildman–Crippen LogP) is 2.52. The highest BCUT2D eigenvalue weighted by atomic mass is 35.5. The van der Waals surface area contributed by atoms with E-state index in [1.165, 1.54) is 19.1 Å². The molecule has 2 N–H and O–H groups in total. The summed E-state index contributed by atoms with van der Waals surface area (Å²) >= 11 is 11.8. The van der Waals surface area contributed by atoms with Crippen molar-refractivity contribution in [1.29, 1.82) is 0 Å². The van der Waals surface area contributed by atoms with Gasteiger partial charge in [-0.25, -0.2) is 0 Å². The number of nitrogens with two attached hydrogens (primary N) is 1. The molecule has 0 radical (unpaired) electrons. The average Bonchev–Trinajstić information content (AvgIpc) is 2.14. The molecule has 0 spiro atoms. The van der Waals surface area contributed by atoms with Crippen LogP contribution in [0.2, 0.25) is 10.0 Å². The largest absolute Gasteiger partial charge is 0.487 e. The fourth-order valence-electron chi connectivity index (χ4n) is 1.05. The summed E-state index contributed by atoms with van der Waals surface area (Å²) in [6.07, 6.45) is 0. The number of esters is 1. The van der Waals surface area contributed by atoms with Crippen LogP contribution < -0.4 is 10.5 Å². The van der Waals surface area contributed by atoms with E-state index in [2.05, 4.69) is 0 Å². The number of halogens is 2. The molecule has 0 heterocycles. The molecule has 4 nitrogen and oxygen atoms in total. The molecule has 0 fully saturated rings. The van der Waals surface area contributed by atoms with Gasteiger partial charge in [0.2, 0.25) is 0 Å². The molecule has 0 saturated carbocycles. The van der Waals surface area contributed by atoms with E-state index in [0.29, 0.717) is 21.5 Å². The zero-order valence-electron chi connectivity index (χ0n) is 8.63. The summed E-state index contributed by atoms with van der Waals surface area (Å²) in [5, 5.41) is 0.653. The summed E-state index contributed by atoms with van der Waals surface area (Å²) in [6.45, 7) is 1.65. The maximum atomic E-state index is 10.5. The Morgan fingerprint density at radius 3 is 2.38 bits per heavy atom. The van der Waals surface area contributed by atoms with Crippen LogP contribution in [-0.2, 0) is 9.53 Å². The van der Waals surface area contributed by atoms with Crippen LogP contribution in [0.15, 0.2) is 12.1 Å². The van der Waals surface area contributed by atoms with Gasteiger partial charge in [0.25, 0.3) is 0 Å². The first-order valence-electron chi connectivity index (χ1n) is 4.51. The molecular weight excluding hydrogens is 253 g/mol. The van der Waals surface area contributed by atoms with Crippen molar-refractivity contribution in [3.05, 3.63) is 22.2 Å². The van der Waals surface area contributed by atoms with E-state index < -0.39 is 0 Å². The van der Waals surface area contributed by atoms with E-state index in [0.717, 1.165) is 0 Å². The molecule has 6 heteroatoms. The number of carbonyl (C=O) groups is 1. The van der Waals surface area contributed by atoms with E-state index in [4.69, 9.17) is 38.4 Å². The Hall–Kier alpha value is -1.13. The van der Waals surface area contributed by atoms with Gasteiger partial charge in [-0.15, -0.1) is 0 Å². The molecule has 0 amide bonds. The molecule has 1 aromatic rings. The van der Waals surface area contributed by atoms with Crippen molar-refractivity contribution in [2.75, 3.05) is 18.9 Å². The molecule has 1 rings (SSSR count). The van der Waals surface area contributed by atoms with Crippen LogP contribution in [0, 0.1) is 0 Å². The molecule has 0 bridgehead atoms. The number of hydrogen-bond donors (Lipinski definition) is 1. The van der Waals surface area contributed by atoms with Gasteiger partial charge in [-0.2, -0.15) is 0 Å². The number of anilines is 1. The van der Waals surface area contributed by atoms with Gasteiger partial charge < -0.3 is 15.2 Å². The second-order valence-corrected chi connectivity index (χ2v) is 3.82. The van der Waals surface area contributed by atoms with Gasteiger partial charge in [0.15, 0.2) is 5.75 Å². The molecule has 1 aromatic carbocycles. The third-order valence-electron chi connectivity index (χ3n) is 1.66. The van der Waals surface area contributed by atoms with E-state index in [-0.39, 0.29) is 19.2 Å². The SMILES string of the molecule is CC(=O)OCCOc1c(Cl)cc(N)cc1Cl. The molecule has 0 atom stereocenters. The highest BCUT2D eigenvalue weighted by molar-refractivity contribution is 6.37. The molecular formula is C10H11Cl2NO3. The minimum Gasteiger partial charge on any atom is -0.487 e. The Morgan fingerprint density at radius 2 is 1.88 bits per heavy atom. The van der Waals surface area contributed by atoms with Crippen molar-refractivity contribution in [1.82, 2.24) is 0 Å². The Labute approximate surface area is 103 Å². The smallest absolute Gasteiger partial charge is 0.302 e. The molecule has 0 aliphatic rings. The lowest BCUT2D eigenvalue weighted by atomic mass is 10.3. The normalized spacial score (nSPS) is 9.94. The van der Waals surface area contributed by atoms with E-state index >= 15 is 0 Å². The summed E-state index contributed by atoms with van der Waals surface area (Å²) in [5.74, 6) is -0.0252. The number of rotatable bonds is 4. The highest BCUT2D eigenvalue weighted by Gasteiger charge is 2.08. The van der Waals surface area contributed by atoms with Crippen LogP contribution in [0.5, 0.6) is 5.75 Å². The number of nitrogen functional groups attached to an aromatic ring is 1. The number of hydrogen-bond acceptors (Lipinski definition) is 4. The van der Waals surface area contributed by atoms with Crippen molar-refractivity contribution < 1.29 is 14.3 Å². The van der Waals surface area contributed by atoms with Crippen molar-refractivity contribution in [2.45, 2.75) is 6.92 Å². The first kappa shape index (κ1) is 12.9. The minimum atomic E-state index is -0.363. The van der Waals surface area contributed by atoms with Gasteiger partial charge in [-0.1, -0.05) is 23.2 Å². The maximum absolute atomic E-state index is 10.5. The van der Waals surface area contributed by atoms with Gasteiger partial charge in [-0.3, -0.25) is 4.79 Å². The topological polar surface area (TPSA) is 61.5 Å². The van der Waals surface area contributed by atoms with Crippen molar-refractivity contribution in [2.24, 2.45) is 0 Å². The van der Waals surface area contributed by atoms with Gasteiger partial charge in [0, 0.05) is 12.6 Å². The van der Waals surface area contributed by atoms with Crippen LogP contribution in [0.1, 0.15) is 6.92 Å². The standard InChI is InChI=1S/C10H11Cl2NO3/c1-6(14)15-2-3-16-10-8(11)4-7(13)5-9(10)12/h4-5H,2-3,13H2,1H3. The summed E-state index contributed by atoms with van der Waals surface area (Å²) in [5.41, 5.74) is 5.99. The lowest BCUT2D eigenvalue weighted by Crippen LogP contribution is -2.10. The summed E-state index contributed by atoms with van der Waals surface area (Å²) in [7, 11) is 0. The summed E-state index contributed by atoms with van der Waals surface area (Å²) in [4.78, 5) is 10.5. The second-order valence-electron chi connectivity index (χ2n) is 3.00. The summed E-state index contributed by atoms with van der Waals surface area (Å²) in [6, 6.07) is 3.07. The first-order valence-corrected chi connectivity index (χ1v) is 5.27. The van der Waals surface area contributed by atoms with Crippen molar-refractivity contribution in [3.8, 4) is 5.75 Å². The Bertz CT molecular complexity index is 373. The zero-order chi connectivity index (χ0) is 12.1. The lowest BCUT2D eigenvalue weighted by Gasteiger charge is -2.10. The minimum absolute atomic E-state index is 0.145. The van der Waals surface area contributed by atoms with Crippen LogP contribution in [-0.4, -0.2) is 19.2 Å². The Kier molecular flexibility index (Phi) is 4.71. The van der Waals surface area contributed by atoms with Crippen molar-refractivity contribution in [3.63, 3.8) is 0 Å². The quantitative estimate of drug-likeness (QED) is 0.515. The van der Waals surface area contributed by atoms with Gasteiger partial charge in [0.1, 0.15) is 13.2 Å². The molecule has 88 valence electrons. The molecule has 0 saturated heterocycles. The van der Waals surface area contributed by atoms with Crippen LogP contribution >= 0.6 is 23.2 Å². The summed E-state index contributed by atoms with van der Waals surface area (Å²) < 4.78 is 9.97. The monoisotopic (exact) mass is 263 g/mol. The number of benzene rings is 1. The lowest BCUT2D eigenvalue weighted by molar-refractivity contribution is -0.141. The van der Waals surface area contributed by atoms with Gasteiger partial charge in [-0.05, 0) is 12.1 Å². The van der Waals surface area contributed by atoms with Crippen LogP contribution in [0.25, 0.3) is 0 Å². The molecule has 0 aromatic heterocycles. The molecule has 0 unspecified atom stereocenters. The zero-order valence-corrected chi connectivity index (χ0v) is 10.1. The maximum Gasteiger partial charge on any atom is 0.302 e. The van der Waals surface area contributed by atoms with E-state index in [1.807, 2.05) is 0 Å².